The molecule has 0 radical (unpaired) electrons. The number of rotatable bonds is 3. The van der Waals surface area contributed by atoms with Crippen LogP contribution < -0.4 is 10.1 Å². The minimum Gasteiger partial charge on any atom is -0.490 e. The molecular weight excluding hydrogens is 323 g/mol. The van der Waals surface area contributed by atoms with Crippen molar-refractivity contribution in [2.75, 3.05) is 12.4 Å². The number of ether oxygens (including phenoxy) is 1. The molecular formula is C19H17FN2O3. The lowest BCUT2D eigenvalue weighted by molar-refractivity contribution is -0.385. The molecule has 3 atom stereocenters. The Hall–Kier alpha value is -2.89. The molecule has 0 unspecified atom stereocenters. The normalized spacial score (nSPS) is 23.5. The van der Waals surface area contributed by atoms with Gasteiger partial charge in [-0.3, -0.25) is 10.1 Å². The van der Waals surface area contributed by atoms with E-state index in [1.54, 1.807) is 24.3 Å². The lowest BCUT2D eigenvalue weighted by atomic mass is 9.77. The molecule has 0 bridgehead atoms. The predicted octanol–water partition coefficient (Wildman–Crippen LogP) is 4.57. The van der Waals surface area contributed by atoms with Crippen LogP contribution in [0.1, 0.15) is 29.5 Å². The molecule has 6 heteroatoms. The molecule has 2 aromatic carbocycles. The molecule has 0 fully saturated rings. The molecule has 0 aromatic heterocycles. The summed E-state index contributed by atoms with van der Waals surface area (Å²) in [5, 5.41) is 14.8. The van der Waals surface area contributed by atoms with Gasteiger partial charge in [-0.1, -0.05) is 18.2 Å². The second-order valence-corrected chi connectivity index (χ2v) is 6.40. The third kappa shape index (κ3) is 2.54. The van der Waals surface area contributed by atoms with Gasteiger partial charge in [0, 0.05) is 17.7 Å². The average Bonchev–Trinajstić information content (AvgIpc) is 3.10. The zero-order chi connectivity index (χ0) is 17.6. The Kier molecular flexibility index (Phi) is 3.67. The summed E-state index contributed by atoms with van der Waals surface area (Å²) in [6.45, 7) is 0. The van der Waals surface area contributed by atoms with Crippen LogP contribution in [0.4, 0.5) is 15.8 Å². The van der Waals surface area contributed by atoms with Crippen LogP contribution >= 0.6 is 0 Å². The van der Waals surface area contributed by atoms with E-state index in [9.17, 15) is 14.5 Å². The number of nitro benzene ring substituents is 1. The number of anilines is 1. The van der Waals surface area contributed by atoms with Gasteiger partial charge >= 0.3 is 5.69 Å². The van der Waals surface area contributed by atoms with E-state index in [1.807, 2.05) is 6.07 Å². The number of allylic oxidation sites excluding steroid dienone is 2. The number of nitrogens with zero attached hydrogens (tertiary/aromatic N) is 1. The third-order valence-electron chi connectivity index (χ3n) is 5.08. The molecule has 2 aliphatic rings. The van der Waals surface area contributed by atoms with Gasteiger partial charge in [0.25, 0.3) is 0 Å². The minimum atomic E-state index is -0.432. The first kappa shape index (κ1) is 15.6. The summed E-state index contributed by atoms with van der Waals surface area (Å²) in [4.78, 5) is 10.9. The van der Waals surface area contributed by atoms with E-state index in [1.165, 1.54) is 13.2 Å². The molecule has 0 spiro atoms. The van der Waals surface area contributed by atoms with Crippen LogP contribution in [0.15, 0.2) is 48.6 Å². The lowest BCUT2D eigenvalue weighted by Crippen LogP contribution is -2.29. The first-order chi connectivity index (χ1) is 12.1. The van der Waals surface area contributed by atoms with E-state index in [-0.39, 0.29) is 35.1 Å². The molecule has 1 heterocycles. The topological polar surface area (TPSA) is 64.4 Å². The van der Waals surface area contributed by atoms with Crippen LogP contribution in [-0.2, 0) is 0 Å². The summed E-state index contributed by atoms with van der Waals surface area (Å²) in [6, 6.07) is 9.71. The van der Waals surface area contributed by atoms with Crippen molar-refractivity contribution in [3.63, 3.8) is 0 Å². The molecule has 0 saturated heterocycles. The number of methoxy groups -OCH3 is 1. The molecule has 1 aliphatic heterocycles. The van der Waals surface area contributed by atoms with Crippen molar-refractivity contribution in [2.45, 2.75) is 18.4 Å². The van der Waals surface area contributed by atoms with Crippen molar-refractivity contribution in [2.24, 2.45) is 5.92 Å². The molecule has 0 saturated carbocycles. The fourth-order valence-electron chi connectivity index (χ4n) is 3.94. The van der Waals surface area contributed by atoms with Crippen molar-refractivity contribution in [1.29, 1.82) is 0 Å². The van der Waals surface area contributed by atoms with E-state index in [0.29, 0.717) is 0 Å². The number of fused-ring (bicyclic) bond motifs is 3. The quantitative estimate of drug-likeness (QED) is 0.505. The first-order valence-corrected chi connectivity index (χ1v) is 8.13. The summed E-state index contributed by atoms with van der Waals surface area (Å²) < 4.78 is 18.7. The maximum absolute atomic E-state index is 13.7. The number of benzene rings is 2. The second kappa shape index (κ2) is 5.88. The Bertz CT molecular complexity index is 881. The number of nitrogens with one attached hydrogen (secondary N) is 1. The zero-order valence-electron chi connectivity index (χ0n) is 13.6. The van der Waals surface area contributed by atoms with Crippen LogP contribution in [0.25, 0.3) is 0 Å². The number of hydrogen-bond acceptors (Lipinski definition) is 4. The van der Waals surface area contributed by atoms with Crippen LogP contribution in [0.3, 0.4) is 0 Å². The Balaban J connectivity index is 1.78. The highest BCUT2D eigenvalue weighted by atomic mass is 19.1. The Morgan fingerprint density at radius 3 is 2.88 bits per heavy atom. The molecule has 2 aromatic rings. The molecule has 1 N–H and O–H groups in total. The van der Waals surface area contributed by atoms with Crippen molar-refractivity contribution >= 4 is 11.4 Å². The Labute approximate surface area is 144 Å². The second-order valence-electron chi connectivity index (χ2n) is 6.40. The molecule has 1 aliphatic carbocycles. The van der Waals surface area contributed by atoms with Gasteiger partial charge in [-0.25, -0.2) is 4.39 Å². The average molecular weight is 340 g/mol. The van der Waals surface area contributed by atoms with Crippen molar-refractivity contribution in [3.05, 3.63) is 75.6 Å². The number of hydrogen-bond donors (Lipinski definition) is 1. The van der Waals surface area contributed by atoms with Gasteiger partial charge in [0.1, 0.15) is 5.82 Å². The van der Waals surface area contributed by atoms with E-state index >= 15 is 0 Å². The van der Waals surface area contributed by atoms with Gasteiger partial charge in [-0.05, 0) is 47.7 Å². The standard InChI is InChI=1S/C19H17FN2O3/c1-25-18-8-5-11(9-17(18)22(23)24)19-14-4-2-3-13(14)15-10-12(20)6-7-16(15)21-19/h2-3,5-10,13-14,19,21H,4H2,1H3/t13-,14+,19-/m1/s1. The minimum absolute atomic E-state index is 0.0470. The van der Waals surface area contributed by atoms with Crippen molar-refractivity contribution < 1.29 is 14.1 Å². The molecule has 4 rings (SSSR count). The number of nitro groups is 1. The zero-order valence-corrected chi connectivity index (χ0v) is 13.6. The van der Waals surface area contributed by atoms with Gasteiger partial charge in [0.15, 0.2) is 5.75 Å². The highest BCUT2D eigenvalue weighted by Crippen LogP contribution is 2.50. The van der Waals surface area contributed by atoms with E-state index < -0.39 is 4.92 Å². The monoisotopic (exact) mass is 340 g/mol. The molecule has 128 valence electrons. The van der Waals surface area contributed by atoms with E-state index in [0.717, 1.165) is 23.2 Å². The van der Waals surface area contributed by atoms with Crippen molar-refractivity contribution in [3.8, 4) is 5.75 Å². The van der Waals surface area contributed by atoms with Crippen LogP contribution in [0.5, 0.6) is 5.75 Å². The number of halogens is 1. The van der Waals surface area contributed by atoms with Gasteiger partial charge in [-0.15, -0.1) is 0 Å². The fourth-order valence-corrected chi connectivity index (χ4v) is 3.94. The lowest BCUT2D eigenvalue weighted by Gasteiger charge is -2.37. The van der Waals surface area contributed by atoms with E-state index in [4.69, 9.17) is 4.74 Å². The smallest absolute Gasteiger partial charge is 0.311 e. The highest BCUT2D eigenvalue weighted by molar-refractivity contribution is 5.61. The van der Waals surface area contributed by atoms with Crippen LogP contribution in [-0.4, -0.2) is 12.0 Å². The molecule has 5 nitrogen and oxygen atoms in total. The summed E-state index contributed by atoms with van der Waals surface area (Å²) in [5.74, 6) is 0.298. The molecule has 25 heavy (non-hydrogen) atoms. The predicted molar refractivity (Wildman–Crippen MR) is 92.4 cm³/mol. The van der Waals surface area contributed by atoms with Crippen LogP contribution in [0.2, 0.25) is 0 Å². The summed E-state index contributed by atoms with van der Waals surface area (Å²) in [6.07, 6.45) is 5.05. The maximum Gasteiger partial charge on any atom is 0.311 e. The van der Waals surface area contributed by atoms with Gasteiger partial charge in [0.05, 0.1) is 18.1 Å². The summed E-state index contributed by atoms with van der Waals surface area (Å²) in [7, 11) is 1.42. The highest BCUT2D eigenvalue weighted by Gasteiger charge is 2.38. The van der Waals surface area contributed by atoms with Gasteiger partial charge in [0.2, 0.25) is 0 Å². The summed E-state index contributed by atoms with van der Waals surface area (Å²) >= 11 is 0. The van der Waals surface area contributed by atoms with Crippen LogP contribution in [0, 0.1) is 21.8 Å². The largest absolute Gasteiger partial charge is 0.490 e. The van der Waals surface area contributed by atoms with Crippen molar-refractivity contribution in [1.82, 2.24) is 0 Å². The van der Waals surface area contributed by atoms with Gasteiger partial charge in [-0.2, -0.15) is 0 Å². The van der Waals surface area contributed by atoms with E-state index in [2.05, 4.69) is 17.5 Å². The Morgan fingerprint density at radius 2 is 2.12 bits per heavy atom. The molecule has 0 amide bonds. The third-order valence-corrected chi connectivity index (χ3v) is 5.08. The maximum atomic E-state index is 13.7. The first-order valence-electron chi connectivity index (χ1n) is 8.13. The summed E-state index contributed by atoms with van der Waals surface area (Å²) in [5.41, 5.74) is 2.60. The Morgan fingerprint density at radius 1 is 1.28 bits per heavy atom. The fraction of sp³-hybridized carbons (Fsp3) is 0.263. The SMILES string of the molecule is COc1ccc([C@H]2Nc3ccc(F)cc3[C@@H]3C=CC[C@H]23)cc1[N+](=O)[O-]. The van der Waals surface area contributed by atoms with Gasteiger partial charge < -0.3 is 10.1 Å².